The van der Waals surface area contributed by atoms with E-state index in [1.54, 1.807) is 6.20 Å². The summed E-state index contributed by atoms with van der Waals surface area (Å²) in [4.78, 5) is 8.82. The number of nitrogen functional groups attached to an aromatic ring is 1. The third-order valence-electron chi connectivity index (χ3n) is 3.52. The first kappa shape index (κ1) is 13.3. The molecule has 2 aromatic heterocycles. The number of aromatic nitrogens is 3. The van der Waals surface area contributed by atoms with E-state index >= 15 is 0 Å². The molecule has 2 heterocycles. The number of anilines is 1. The van der Waals surface area contributed by atoms with E-state index in [0.717, 1.165) is 28.8 Å². The largest absolute Gasteiger partial charge is 0.398 e. The molecule has 0 radical (unpaired) electrons. The molecule has 0 aliphatic carbocycles. The highest BCUT2D eigenvalue weighted by atomic mass is 16.5. The van der Waals surface area contributed by atoms with Crippen LogP contribution in [0.2, 0.25) is 0 Å². The monoisotopic (exact) mass is 280 g/mol. The van der Waals surface area contributed by atoms with Gasteiger partial charge in [-0.2, -0.15) is 4.98 Å². The molecule has 3 rings (SSSR count). The number of pyridine rings is 1. The first-order valence-corrected chi connectivity index (χ1v) is 6.84. The van der Waals surface area contributed by atoms with Crippen molar-refractivity contribution in [3.63, 3.8) is 0 Å². The van der Waals surface area contributed by atoms with E-state index < -0.39 is 0 Å². The van der Waals surface area contributed by atoms with E-state index in [1.807, 2.05) is 37.3 Å². The normalized spacial score (nSPS) is 10.8. The zero-order valence-corrected chi connectivity index (χ0v) is 12.0. The zero-order chi connectivity index (χ0) is 14.8. The number of aryl methyl sites for hydroxylation is 1. The molecule has 0 saturated heterocycles. The lowest BCUT2D eigenvalue weighted by Gasteiger charge is -2.03. The van der Waals surface area contributed by atoms with Crippen LogP contribution in [0.1, 0.15) is 18.1 Å². The Morgan fingerprint density at radius 3 is 2.86 bits per heavy atom. The van der Waals surface area contributed by atoms with Gasteiger partial charge in [-0.25, -0.2) is 0 Å². The number of hydrogen-bond donors (Lipinski definition) is 1. The number of rotatable bonds is 3. The van der Waals surface area contributed by atoms with E-state index in [9.17, 15) is 0 Å². The van der Waals surface area contributed by atoms with Gasteiger partial charge in [-0.3, -0.25) is 4.98 Å². The van der Waals surface area contributed by atoms with Gasteiger partial charge in [0.15, 0.2) is 0 Å². The average molecular weight is 280 g/mol. The van der Waals surface area contributed by atoms with E-state index in [4.69, 9.17) is 10.3 Å². The van der Waals surface area contributed by atoms with Crippen LogP contribution in [0.3, 0.4) is 0 Å². The molecule has 0 atom stereocenters. The standard InChI is InChI=1S/C16H16N4O/c1-3-11-6-5-9-18-14(11)15-19-16(21-20-15)12-7-4-8-13(17)10(12)2/h4-9H,3,17H2,1-2H3. The number of nitrogens with zero attached hydrogens (tertiary/aromatic N) is 3. The Morgan fingerprint density at radius 2 is 2.05 bits per heavy atom. The lowest BCUT2D eigenvalue weighted by molar-refractivity contribution is 0.432. The predicted octanol–water partition coefficient (Wildman–Crippen LogP) is 3.25. The molecule has 0 amide bonds. The summed E-state index contributed by atoms with van der Waals surface area (Å²) in [7, 11) is 0. The van der Waals surface area contributed by atoms with Gasteiger partial charge in [0.1, 0.15) is 5.69 Å². The van der Waals surface area contributed by atoms with Crippen LogP contribution >= 0.6 is 0 Å². The minimum Gasteiger partial charge on any atom is -0.398 e. The minimum absolute atomic E-state index is 0.461. The molecule has 3 aromatic rings. The summed E-state index contributed by atoms with van der Waals surface area (Å²) in [6, 6.07) is 9.57. The smallest absolute Gasteiger partial charge is 0.258 e. The van der Waals surface area contributed by atoms with Crippen molar-refractivity contribution in [2.24, 2.45) is 0 Å². The molecule has 0 aliphatic rings. The predicted molar refractivity (Wildman–Crippen MR) is 81.5 cm³/mol. The highest BCUT2D eigenvalue weighted by Crippen LogP contribution is 2.28. The molecule has 0 aliphatic heterocycles. The Labute approximate surface area is 122 Å². The summed E-state index contributed by atoms with van der Waals surface area (Å²) >= 11 is 0. The van der Waals surface area contributed by atoms with Gasteiger partial charge in [0, 0.05) is 17.4 Å². The molecule has 0 unspecified atom stereocenters. The van der Waals surface area contributed by atoms with Gasteiger partial charge in [0.2, 0.25) is 5.82 Å². The van der Waals surface area contributed by atoms with Gasteiger partial charge in [0.25, 0.3) is 5.89 Å². The van der Waals surface area contributed by atoms with Crippen molar-refractivity contribution < 1.29 is 4.52 Å². The van der Waals surface area contributed by atoms with E-state index in [2.05, 4.69) is 22.0 Å². The molecule has 1 aromatic carbocycles. The van der Waals surface area contributed by atoms with Crippen molar-refractivity contribution in [3.05, 3.63) is 47.7 Å². The van der Waals surface area contributed by atoms with Crippen molar-refractivity contribution in [1.82, 2.24) is 15.1 Å². The minimum atomic E-state index is 0.461. The quantitative estimate of drug-likeness (QED) is 0.745. The summed E-state index contributed by atoms with van der Waals surface area (Å²) in [6.45, 7) is 4.01. The van der Waals surface area contributed by atoms with Gasteiger partial charge < -0.3 is 10.3 Å². The van der Waals surface area contributed by atoms with Crippen LogP contribution in [0.5, 0.6) is 0 Å². The average Bonchev–Trinajstić information content (AvgIpc) is 2.99. The van der Waals surface area contributed by atoms with Gasteiger partial charge in [-0.05, 0) is 42.7 Å². The van der Waals surface area contributed by atoms with Crippen molar-refractivity contribution in [3.8, 4) is 23.0 Å². The lowest BCUT2D eigenvalue weighted by Crippen LogP contribution is -1.93. The molecule has 2 N–H and O–H groups in total. The maximum atomic E-state index is 5.92. The van der Waals surface area contributed by atoms with Crippen LogP contribution in [0.25, 0.3) is 23.0 Å². The highest BCUT2D eigenvalue weighted by Gasteiger charge is 2.16. The number of benzene rings is 1. The van der Waals surface area contributed by atoms with Crippen molar-refractivity contribution in [2.45, 2.75) is 20.3 Å². The second-order valence-electron chi connectivity index (χ2n) is 4.81. The first-order valence-electron chi connectivity index (χ1n) is 6.84. The maximum Gasteiger partial charge on any atom is 0.258 e. The van der Waals surface area contributed by atoms with Crippen molar-refractivity contribution >= 4 is 5.69 Å². The highest BCUT2D eigenvalue weighted by molar-refractivity contribution is 5.68. The summed E-state index contributed by atoms with van der Waals surface area (Å²) < 4.78 is 5.38. The molecule has 5 nitrogen and oxygen atoms in total. The summed E-state index contributed by atoms with van der Waals surface area (Å²) in [5.74, 6) is 0.965. The Bertz CT molecular complexity index is 779. The molecule has 106 valence electrons. The molecular formula is C16H16N4O. The van der Waals surface area contributed by atoms with Crippen molar-refractivity contribution in [1.29, 1.82) is 0 Å². The van der Waals surface area contributed by atoms with Gasteiger partial charge in [0.05, 0.1) is 0 Å². The molecule has 0 saturated carbocycles. The van der Waals surface area contributed by atoms with Gasteiger partial charge >= 0.3 is 0 Å². The van der Waals surface area contributed by atoms with E-state index in [1.165, 1.54) is 0 Å². The molecule has 5 heteroatoms. The fraction of sp³-hybridized carbons (Fsp3) is 0.188. The maximum absolute atomic E-state index is 5.92. The fourth-order valence-electron chi connectivity index (χ4n) is 2.24. The Hall–Kier alpha value is -2.69. The Morgan fingerprint density at radius 1 is 1.19 bits per heavy atom. The lowest BCUT2D eigenvalue weighted by atomic mass is 10.1. The number of nitrogens with two attached hydrogens (primary N) is 1. The molecule has 0 bridgehead atoms. The molecule has 0 spiro atoms. The Kier molecular flexibility index (Phi) is 3.39. The van der Waals surface area contributed by atoms with Crippen LogP contribution in [0, 0.1) is 6.92 Å². The Balaban J connectivity index is 2.06. The molecule has 0 fully saturated rings. The first-order chi connectivity index (χ1) is 10.2. The van der Waals surface area contributed by atoms with Crippen LogP contribution in [-0.4, -0.2) is 15.1 Å². The van der Waals surface area contributed by atoms with Gasteiger partial charge in [-0.1, -0.05) is 24.2 Å². The zero-order valence-electron chi connectivity index (χ0n) is 12.0. The van der Waals surface area contributed by atoms with Crippen LogP contribution in [0.4, 0.5) is 5.69 Å². The number of hydrogen-bond acceptors (Lipinski definition) is 5. The van der Waals surface area contributed by atoms with E-state index in [0.29, 0.717) is 17.4 Å². The fourth-order valence-corrected chi connectivity index (χ4v) is 2.24. The molecular weight excluding hydrogens is 264 g/mol. The third-order valence-corrected chi connectivity index (χ3v) is 3.52. The van der Waals surface area contributed by atoms with E-state index in [-0.39, 0.29) is 0 Å². The SMILES string of the molecule is CCc1cccnc1-c1noc(-c2cccc(N)c2C)n1. The summed E-state index contributed by atoms with van der Waals surface area (Å²) in [6.07, 6.45) is 2.60. The summed E-state index contributed by atoms with van der Waals surface area (Å²) in [5, 5.41) is 4.05. The topological polar surface area (TPSA) is 77.8 Å². The van der Waals surface area contributed by atoms with Crippen molar-refractivity contribution in [2.75, 3.05) is 5.73 Å². The van der Waals surface area contributed by atoms with Crippen LogP contribution < -0.4 is 5.73 Å². The second kappa shape index (κ2) is 5.36. The molecule has 21 heavy (non-hydrogen) atoms. The van der Waals surface area contributed by atoms with Gasteiger partial charge in [-0.15, -0.1) is 0 Å². The summed E-state index contributed by atoms with van der Waals surface area (Å²) in [5.41, 5.74) is 10.3. The third kappa shape index (κ3) is 2.38. The van der Waals surface area contributed by atoms with Crippen LogP contribution in [-0.2, 0) is 6.42 Å². The van der Waals surface area contributed by atoms with Crippen LogP contribution in [0.15, 0.2) is 41.1 Å². The second-order valence-corrected chi connectivity index (χ2v) is 4.81.